The predicted octanol–water partition coefficient (Wildman–Crippen LogP) is 4.41. The second-order valence-corrected chi connectivity index (χ2v) is 4.88. The third kappa shape index (κ3) is 2.52. The molecule has 0 saturated carbocycles. The summed E-state index contributed by atoms with van der Waals surface area (Å²) in [4.78, 5) is 0. The lowest BCUT2D eigenvalue weighted by molar-refractivity contribution is -0.261. The van der Waals surface area contributed by atoms with Gasteiger partial charge in [0.1, 0.15) is 0 Å². The fraction of sp³-hybridized carbons (Fsp3) is 1.00. The first-order chi connectivity index (χ1) is 6.65. The summed E-state index contributed by atoms with van der Waals surface area (Å²) in [5.41, 5.74) is -12.1. The van der Waals surface area contributed by atoms with Crippen molar-refractivity contribution in [1.82, 2.24) is 0 Å². The van der Waals surface area contributed by atoms with Gasteiger partial charge in [-0.3, -0.25) is 0 Å². The van der Waals surface area contributed by atoms with Gasteiger partial charge in [-0.15, -0.1) is 0 Å². The zero-order valence-corrected chi connectivity index (χ0v) is 8.12. The minimum atomic E-state index is -6.44. The van der Waals surface area contributed by atoms with E-state index in [4.69, 9.17) is 0 Å². The third-order valence-corrected chi connectivity index (χ3v) is 3.72. The molecule has 0 unspecified atom stereocenters. The Bertz CT molecular complexity index is 223. The van der Waals surface area contributed by atoms with Gasteiger partial charge in [0.2, 0.25) is 0 Å². The van der Waals surface area contributed by atoms with Gasteiger partial charge in [-0.25, -0.2) is 0 Å². The van der Waals surface area contributed by atoms with Crippen molar-refractivity contribution in [2.45, 2.75) is 23.7 Å². The lowest BCUT2D eigenvalue weighted by Crippen LogP contribution is -2.44. The average Bonchev–Trinajstić information content (AvgIpc) is 1.98. The van der Waals surface area contributed by atoms with Crippen LogP contribution in [0.4, 0.5) is 43.9 Å². The van der Waals surface area contributed by atoms with Crippen LogP contribution in [0, 0.1) is 0 Å². The molecular weight excluding hydrogens is 281 g/mol. The standard InChI is InChI=1S/C5H3F10P/c1-16(4(12,13)2(6,7)8)5(14,15)3(9,10)11/h1H3. The lowest BCUT2D eigenvalue weighted by Gasteiger charge is -2.32. The van der Waals surface area contributed by atoms with E-state index in [-0.39, 0.29) is 0 Å². The highest BCUT2D eigenvalue weighted by Crippen LogP contribution is 2.69. The maximum absolute atomic E-state index is 12.3. The monoisotopic (exact) mass is 284 g/mol. The molecule has 16 heavy (non-hydrogen) atoms. The van der Waals surface area contributed by atoms with Crippen LogP contribution in [0.15, 0.2) is 0 Å². The molecular formula is C5H3F10P. The number of hydrogen-bond acceptors (Lipinski definition) is 0. The van der Waals surface area contributed by atoms with Crippen molar-refractivity contribution in [3.63, 3.8) is 0 Å². The van der Waals surface area contributed by atoms with Gasteiger partial charge in [-0.2, -0.15) is 43.9 Å². The highest BCUT2D eigenvalue weighted by Gasteiger charge is 2.74. The summed E-state index contributed by atoms with van der Waals surface area (Å²) in [6, 6.07) is 0. The van der Waals surface area contributed by atoms with Crippen molar-refractivity contribution in [3.05, 3.63) is 0 Å². The molecule has 0 rings (SSSR count). The maximum Gasteiger partial charge on any atom is 0.457 e. The molecule has 0 radical (unpaired) electrons. The molecule has 0 nitrogen and oxygen atoms in total. The van der Waals surface area contributed by atoms with Crippen molar-refractivity contribution in [1.29, 1.82) is 0 Å². The Balaban J connectivity index is 5.30. The molecule has 0 fully saturated rings. The first-order valence-corrected chi connectivity index (χ1v) is 5.07. The van der Waals surface area contributed by atoms with Crippen LogP contribution in [0.1, 0.15) is 0 Å². The van der Waals surface area contributed by atoms with Crippen molar-refractivity contribution >= 4 is 7.92 Å². The highest BCUT2D eigenvalue weighted by atomic mass is 31.1. The predicted molar refractivity (Wildman–Crippen MR) is 34.8 cm³/mol. The largest absolute Gasteiger partial charge is 0.457 e. The van der Waals surface area contributed by atoms with E-state index in [0.717, 1.165) is 0 Å². The molecule has 0 aromatic rings. The Morgan fingerprint density at radius 3 is 0.875 bits per heavy atom. The van der Waals surface area contributed by atoms with Crippen molar-refractivity contribution in [3.8, 4) is 0 Å². The summed E-state index contributed by atoms with van der Waals surface area (Å²) >= 11 is 0. The second-order valence-electron chi connectivity index (χ2n) is 2.64. The van der Waals surface area contributed by atoms with Gasteiger partial charge in [-0.05, 0) is 6.66 Å². The normalized spacial score (nSPS) is 15.8. The van der Waals surface area contributed by atoms with Gasteiger partial charge < -0.3 is 0 Å². The first-order valence-electron chi connectivity index (χ1n) is 3.28. The highest BCUT2D eigenvalue weighted by molar-refractivity contribution is 7.59. The van der Waals surface area contributed by atoms with E-state index < -0.39 is 38.3 Å². The van der Waals surface area contributed by atoms with E-state index in [0.29, 0.717) is 0 Å². The molecule has 98 valence electrons. The van der Waals surface area contributed by atoms with Crippen LogP contribution in [-0.2, 0) is 0 Å². The number of hydrogen-bond donors (Lipinski definition) is 0. The van der Waals surface area contributed by atoms with Gasteiger partial charge >= 0.3 is 23.7 Å². The van der Waals surface area contributed by atoms with Crippen molar-refractivity contribution in [2.24, 2.45) is 0 Å². The summed E-state index contributed by atoms with van der Waals surface area (Å²) in [5, 5.41) is 0. The van der Waals surface area contributed by atoms with Gasteiger partial charge in [-0.1, -0.05) is 0 Å². The molecule has 0 aliphatic carbocycles. The van der Waals surface area contributed by atoms with E-state index in [2.05, 4.69) is 0 Å². The van der Waals surface area contributed by atoms with E-state index in [1.165, 1.54) is 0 Å². The third-order valence-electron chi connectivity index (χ3n) is 1.52. The van der Waals surface area contributed by atoms with Crippen LogP contribution in [0.25, 0.3) is 0 Å². The zero-order valence-electron chi connectivity index (χ0n) is 7.23. The molecule has 0 N–H and O–H groups in total. The smallest absolute Gasteiger partial charge is 0.191 e. The first kappa shape index (κ1) is 15.7. The topological polar surface area (TPSA) is 0 Å². The van der Waals surface area contributed by atoms with Crippen LogP contribution >= 0.6 is 7.92 Å². The van der Waals surface area contributed by atoms with E-state index in [1.807, 2.05) is 0 Å². The van der Waals surface area contributed by atoms with E-state index in [1.54, 1.807) is 0 Å². The van der Waals surface area contributed by atoms with Crippen LogP contribution < -0.4 is 0 Å². The van der Waals surface area contributed by atoms with Crippen LogP contribution in [0.2, 0.25) is 0 Å². The zero-order chi connectivity index (χ0) is 13.6. The summed E-state index contributed by atoms with van der Waals surface area (Å²) in [6.07, 6.45) is -12.9. The Kier molecular flexibility index (Phi) is 3.82. The van der Waals surface area contributed by atoms with Gasteiger partial charge in [0, 0.05) is 0 Å². The Morgan fingerprint density at radius 2 is 0.750 bits per heavy atom. The number of rotatable bonds is 2. The molecule has 0 amide bonds. The summed E-state index contributed by atoms with van der Waals surface area (Å²) in [5.74, 6) is 0. The molecule has 0 aliphatic heterocycles. The van der Waals surface area contributed by atoms with Gasteiger partial charge in [0.05, 0.1) is 7.92 Å². The maximum atomic E-state index is 12.3. The fourth-order valence-corrected chi connectivity index (χ4v) is 1.67. The van der Waals surface area contributed by atoms with Crippen LogP contribution in [-0.4, -0.2) is 30.3 Å². The number of alkyl halides is 10. The Labute approximate surface area is 83.4 Å². The Morgan fingerprint density at radius 1 is 0.562 bits per heavy atom. The van der Waals surface area contributed by atoms with E-state index in [9.17, 15) is 43.9 Å². The van der Waals surface area contributed by atoms with Gasteiger partial charge in [0.25, 0.3) is 0 Å². The minimum absolute atomic E-state index is 0.448. The van der Waals surface area contributed by atoms with Crippen LogP contribution in [0.5, 0.6) is 0 Å². The molecule has 0 aromatic carbocycles. The summed E-state index contributed by atoms with van der Waals surface area (Å²) in [7, 11) is -4.96. The molecule has 11 heteroatoms. The lowest BCUT2D eigenvalue weighted by atomic mass is 10.7. The average molecular weight is 284 g/mol. The second kappa shape index (κ2) is 3.89. The molecule has 0 bridgehead atoms. The van der Waals surface area contributed by atoms with Crippen molar-refractivity contribution in [2.75, 3.05) is 6.66 Å². The van der Waals surface area contributed by atoms with E-state index >= 15 is 0 Å². The fourth-order valence-electron chi connectivity index (χ4n) is 0.557. The molecule has 0 aromatic heterocycles. The number of halogens is 10. The summed E-state index contributed by atoms with van der Waals surface area (Å²) in [6.45, 7) is -0.448. The Hall–Kier alpha value is -0.270. The van der Waals surface area contributed by atoms with Crippen molar-refractivity contribution < 1.29 is 43.9 Å². The van der Waals surface area contributed by atoms with Gasteiger partial charge in [0.15, 0.2) is 0 Å². The quantitative estimate of drug-likeness (QED) is 0.520. The van der Waals surface area contributed by atoms with Crippen LogP contribution in [0.3, 0.4) is 0 Å². The molecule has 0 heterocycles. The molecule has 0 saturated heterocycles. The molecule has 0 atom stereocenters. The molecule has 0 aliphatic rings. The summed E-state index contributed by atoms with van der Waals surface area (Å²) < 4.78 is 119. The molecule has 0 spiro atoms. The minimum Gasteiger partial charge on any atom is -0.191 e. The SMILES string of the molecule is CP(C(F)(F)C(F)(F)F)C(F)(F)C(F)(F)F.